The zero-order valence-electron chi connectivity index (χ0n) is 11.4. The van der Waals surface area contributed by atoms with E-state index in [1.165, 1.54) is 0 Å². The summed E-state index contributed by atoms with van der Waals surface area (Å²) in [7, 11) is 1.66. The minimum atomic E-state index is -0.467. The van der Waals surface area contributed by atoms with Crippen molar-refractivity contribution in [2.75, 3.05) is 37.0 Å². The Bertz CT molecular complexity index is 452. The lowest BCUT2D eigenvalue weighted by atomic mass is 10.3. The van der Waals surface area contributed by atoms with Gasteiger partial charge in [0.25, 0.3) is 0 Å². The van der Waals surface area contributed by atoms with Crippen molar-refractivity contribution < 1.29 is 10.0 Å². The topological polar surface area (TPSA) is 104 Å². The molecule has 1 aromatic rings. The van der Waals surface area contributed by atoms with Crippen LogP contribution in [0.4, 0.5) is 17.5 Å². The minimum absolute atomic E-state index is 0.0350. The maximum atomic E-state index is 11.2. The van der Waals surface area contributed by atoms with Gasteiger partial charge in [0.05, 0.1) is 4.92 Å². The van der Waals surface area contributed by atoms with Crippen LogP contribution in [0.5, 0.6) is 0 Å². The van der Waals surface area contributed by atoms with Gasteiger partial charge in [-0.1, -0.05) is 0 Å². The van der Waals surface area contributed by atoms with Gasteiger partial charge in [-0.25, -0.2) is 4.98 Å². The van der Waals surface area contributed by atoms with Crippen LogP contribution in [0.1, 0.15) is 19.0 Å². The normalized spacial score (nSPS) is 10.3. The van der Waals surface area contributed by atoms with Gasteiger partial charge < -0.3 is 15.3 Å². The molecule has 1 aromatic heterocycles. The molecule has 1 heterocycles. The third-order valence-electron chi connectivity index (χ3n) is 2.71. The fourth-order valence-corrected chi connectivity index (χ4v) is 1.77. The molecule has 0 atom stereocenters. The number of aliphatic hydroxyl groups is 1. The number of rotatable bonds is 7. The molecule has 0 bridgehead atoms. The molecular formula is C11H19N5O3. The van der Waals surface area contributed by atoms with Gasteiger partial charge in [0.2, 0.25) is 11.8 Å². The van der Waals surface area contributed by atoms with E-state index in [0.29, 0.717) is 31.2 Å². The number of hydrogen-bond donors (Lipinski definition) is 2. The molecule has 0 fully saturated rings. The Kier molecular flexibility index (Phi) is 5.43. The maximum absolute atomic E-state index is 11.2. The molecule has 0 radical (unpaired) electrons. The molecule has 0 unspecified atom stereocenters. The van der Waals surface area contributed by atoms with Crippen molar-refractivity contribution in [2.24, 2.45) is 0 Å². The van der Waals surface area contributed by atoms with Crippen LogP contribution < -0.4 is 10.2 Å². The zero-order valence-corrected chi connectivity index (χ0v) is 11.4. The molecule has 0 amide bonds. The Hall–Kier alpha value is -1.96. The summed E-state index contributed by atoms with van der Waals surface area (Å²) in [4.78, 5) is 20.7. The third kappa shape index (κ3) is 3.50. The number of hydrogen-bond acceptors (Lipinski definition) is 7. The highest BCUT2D eigenvalue weighted by Gasteiger charge is 2.25. The van der Waals surface area contributed by atoms with Crippen molar-refractivity contribution in [3.63, 3.8) is 0 Å². The monoisotopic (exact) mass is 269 g/mol. The average Bonchev–Trinajstić information content (AvgIpc) is 2.38. The van der Waals surface area contributed by atoms with Gasteiger partial charge in [0.1, 0.15) is 5.69 Å². The van der Waals surface area contributed by atoms with Crippen LogP contribution in [0.2, 0.25) is 0 Å². The largest absolute Gasteiger partial charge is 0.396 e. The Labute approximate surface area is 111 Å². The van der Waals surface area contributed by atoms with E-state index in [0.717, 1.165) is 0 Å². The molecule has 19 heavy (non-hydrogen) atoms. The van der Waals surface area contributed by atoms with Crippen LogP contribution in [0, 0.1) is 17.0 Å². The molecule has 0 aliphatic heterocycles. The number of nitrogens with zero attached hydrogens (tertiary/aromatic N) is 4. The number of aryl methyl sites for hydroxylation is 1. The summed E-state index contributed by atoms with van der Waals surface area (Å²) >= 11 is 0. The molecule has 0 spiro atoms. The van der Waals surface area contributed by atoms with E-state index >= 15 is 0 Å². The van der Waals surface area contributed by atoms with Crippen molar-refractivity contribution in [3.05, 3.63) is 15.8 Å². The molecule has 1 rings (SSSR count). The number of anilines is 2. The predicted molar refractivity (Wildman–Crippen MR) is 72.6 cm³/mol. The zero-order chi connectivity index (χ0) is 14.4. The molecule has 0 aliphatic rings. The Morgan fingerprint density at radius 1 is 1.47 bits per heavy atom. The lowest BCUT2D eigenvalue weighted by molar-refractivity contribution is -0.385. The number of nitrogens with one attached hydrogen (secondary N) is 1. The van der Waals surface area contributed by atoms with Gasteiger partial charge in [-0.15, -0.1) is 0 Å². The molecule has 106 valence electrons. The first-order valence-electron chi connectivity index (χ1n) is 6.11. The second kappa shape index (κ2) is 6.83. The lowest BCUT2D eigenvalue weighted by Crippen LogP contribution is -2.27. The van der Waals surface area contributed by atoms with E-state index in [1.54, 1.807) is 18.9 Å². The van der Waals surface area contributed by atoms with E-state index in [2.05, 4.69) is 15.3 Å². The standard InChI is InChI=1S/C11H19N5O3/c1-4-15(6-5-7-17)10-9(16(18)19)8(2)13-11(12-3)14-10/h17H,4-7H2,1-3H3,(H,12,13,14). The molecule has 0 saturated heterocycles. The SMILES string of the molecule is CCN(CCCO)c1nc(NC)nc(C)c1[N+](=O)[O-]. The van der Waals surface area contributed by atoms with Crippen molar-refractivity contribution >= 4 is 17.5 Å². The first-order valence-corrected chi connectivity index (χ1v) is 6.11. The van der Waals surface area contributed by atoms with Crippen LogP contribution in [0.3, 0.4) is 0 Å². The van der Waals surface area contributed by atoms with Gasteiger partial charge in [0, 0.05) is 26.7 Å². The highest BCUT2D eigenvalue weighted by molar-refractivity contribution is 5.62. The van der Waals surface area contributed by atoms with Crippen LogP contribution in [0.25, 0.3) is 0 Å². The first kappa shape index (κ1) is 15.1. The molecule has 0 aromatic carbocycles. The van der Waals surface area contributed by atoms with E-state index < -0.39 is 4.92 Å². The smallest absolute Gasteiger partial charge is 0.332 e. The highest BCUT2D eigenvalue weighted by atomic mass is 16.6. The predicted octanol–water partition coefficient (Wildman–Crippen LogP) is 0.944. The van der Waals surface area contributed by atoms with Gasteiger partial charge >= 0.3 is 5.69 Å². The Morgan fingerprint density at radius 2 is 2.16 bits per heavy atom. The van der Waals surface area contributed by atoms with Crippen molar-refractivity contribution in [1.82, 2.24) is 9.97 Å². The molecule has 8 heteroatoms. The average molecular weight is 269 g/mol. The molecule has 0 aliphatic carbocycles. The second-order valence-electron chi connectivity index (χ2n) is 3.97. The number of aliphatic hydroxyl groups excluding tert-OH is 1. The van der Waals surface area contributed by atoms with Crippen molar-refractivity contribution in [3.8, 4) is 0 Å². The summed E-state index contributed by atoms with van der Waals surface area (Å²) < 4.78 is 0. The van der Waals surface area contributed by atoms with E-state index in [1.807, 2.05) is 6.92 Å². The lowest BCUT2D eigenvalue weighted by Gasteiger charge is -2.22. The summed E-state index contributed by atoms with van der Waals surface area (Å²) in [6, 6.07) is 0. The maximum Gasteiger partial charge on any atom is 0.332 e. The molecule has 8 nitrogen and oxygen atoms in total. The van der Waals surface area contributed by atoms with E-state index in [4.69, 9.17) is 5.11 Å². The van der Waals surface area contributed by atoms with Gasteiger partial charge in [-0.3, -0.25) is 10.1 Å². The van der Waals surface area contributed by atoms with E-state index in [9.17, 15) is 10.1 Å². The minimum Gasteiger partial charge on any atom is -0.396 e. The molecule has 0 saturated carbocycles. The molecule has 2 N–H and O–H groups in total. The quantitative estimate of drug-likeness (QED) is 0.560. The Balaban J connectivity index is 3.27. The fourth-order valence-electron chi connectivity index (χ4n) is 1.77. The second-order valence-corrected chi connectivity index (χ2v) is 3.97. The van der Waals surface area contributed by atoms with Crippen LogP contribution in [0.15, 0.2) is 0 Å². The summed E-state index contributed by atoms with van der Waals surface area (Å²) in [5, 5.41) is 22.8. The van der Waals surface area contributed by atoms with Crippen molar-refractivity contribution in [1.29, 1.82) is 0 Å². The van der Waals surface area contributed by atoms with Gasteiger partial charge in [0.15, 0.2) is 0 Å². The van der Waals surface area contributed by atoms with Crippen molar-refractivity contribution in [2.45, 2.75) is 20.3 Å². The summed E-state index contributed by atoms with van der Waals surface area (Å²) in [6.45, 7) is 4.59. The van der Waals surface area contributed by atoms with Crippen LogP contribution >= 0.6 is 0 Å². The number of nitro groups is 1. The molecular weight excluding hydrogens is 250 g/mol. The van der Waals surface area contributed by atoms with E-state index in [-0.39, 0.29) is 18.1 Å². The summed E-state index contributed by atoms with van der Waals surface area (Å²) in [5.41, 5.74) is 0.237. The van der Waals surface area contributed by atoms with Gasteiger partial charge in [-0.2, -0.15) is 4.98 Å². The summed E-state index contributed by atoms with van der Waals surface area (Å²) in [6.07, 6.45) is 0.531. The third-order valence-corrected chi connectivity index (χ3v) is 2.71. The van der Waals surface area contributed by atoms with Gasteiger partial charge in [-0.05, 0) is 20.3 Å². The highest BCUT2D eigenvalue weighted by Crippen LogP contribution is 2.29. The van der Waals surface area contributed by atoms with Crippen LogP contribution in [-0.4, -0.2) is 46.7 Å². The number of aromatic nitrogens is 2. The van der Waals surface area contributed by atoms with Crippen LogP contribution in [-0.2, 0) is 0 Å². The fraction of sp³-hybridized carbons (Fsp3) is 0.636. The first-order chi connectivity index (χ1) is 9.04. The summed E-state index contributed by atoms with van der Waals surface area (Å²) in [5.74, 6) is 0.637. The Morgan fingerprint density at radius 3 is 2.63 bits per heavy atom.